The van der Waals surface area contributed by atoms with Gasteiger partial charge in [-0.15, -0.1) is 0 Å². The van der Waals surface area contributed by atoms with Crippen LogP contribution in [0.5, 0.6) is 0 Å². The van der Waals surface area contributed by atoms with Crippen molar-refractivity contribution < 1.29 is 4.74 Å². The molecule has 0 N–H and O–H groups in total. The lowest BCUT2D eigenvalue weighted by Gasteiger charge is -2.23. The van der Waals surface area contributed by atoms with Crippen LogP contribution >= 0.6 is 0 Å². The summed E-state index contributed by atoms with van der Waals surface area (Å²) in [7, 11) is 0. The minimum atomic E-state index is 0.594. The molecule has 13 heavy (non-hydrogen) atoms. The summed E-state index contributed by atoms with van der Waals surface area (Å²) < 4.78 is 5.28. The molecule has 2 saturated heterocycles. The average Bonchev–Trinajstić information content (AvgIpc) is 2.69. The molecule has 0 bridgehead atoms. The minimum absolute atomic E-state index is 0.594. The van der Waals surface area contributed by atoms with Crippen molar-refractivity contribution in [3.05, 3.63) is 0 Å². The van der Waals surface area contributed by atoms with Crippen LogP contribution in [-0.2, 0) is 4.74 Å². The number of rotatable bonds is 2. The summed E-state index contributed by atoms with van der Waals surface area (Å²) >= 11 is 0. The molecule has 0 aromatic carbocycles. The number of hydrogen-bond donors (Lipinski definition) is 0. The lowest BCUT2D eigenvalue weighted by Crippen LogP contribution is -2.28. The van der Waals surface area contributed by atoms with Crippen LogP contribution in [0.15, 0.2) is 0 Å². The van der Waals surface area contributed by atoms with E-state index in [4.69, 9.17) is 4.74 Å². The monoisotopic (exact) mass is 181 g/mol. The summed E-state index contributed by atoms with van der Waals surface area (Å²) in [5, 5.41) is 0. The molecule has 3 aliphatic rings. The first kappa shape index (κ1) is 8.25. The summed E-state index contributed by atoms with van der Waals surface area (Å²) in [6.45, 7) is 4.93. The molecule has 1 unspecified atom stereocenters. The summed E-state index contributed by atoms with van der Waals surface area (Å²) in [6, 6.07) is 0. The third-order valence-electron chi connectivity index (χ3n) is 4.05. The zero-order valence-corrected chi connectivity index (χ0v) is 8.30. The quantitative estimate of drug-likeness (QED) is 0.602. The second kappa shape index (κ2) is 2.96. The Hall–Kier alpha value is -0.0800. The van der Waals surface area contributed by atoms with Crippen molar-refractivity contribution in [1.29, 1.82) is 0 Å². The van der Waals surface area contributed by atoms with Gasteiger partial charge in [0, 0.05) is 13.1 Å². The maximum absolute atomic E-state index is 5.28. The normalized spacial score (nSPS) is 37.4. The van der Waals surface area contributed by atoms with Crippen molar-refractivity contribution in [3.63, 3.8) is 0 Å². The van der Waals surface area contributed by atoms with Gasteiger partial charge in [-0.3, -0.25) is 0 Å². The Morgan fingerprint density at radius 1 is 1.23 bits per heavy atom. The third-order valence-corrected chi connectivity index (χ3v) is 4.05. The fourth-order valence-electron chi connectivity index (χ4n) is 3.18. The maximum Gasteiger partial charge on any atom is 0.0936 e. The van der Waals surface area contributed by atoms with Crippen LogP contribution in [0.2, 0.25) is 0 Å². The Balaban J connectivity index is 1.57. The van der Waals surface area contributed by atoms with Gasteiger partial charge < -0.3 is 9.64 Å². The topological polar surface area (TPSA) is 15.8 Å². The third kappa shape index (κ3) is 1.62. The van der Waals surface area contributed by atoms with E-state index in [1.807, 2.05) is 0 Å². The second-order valence-electron chi connectivity index (χ2n) is 5.15. The predicted octanol–water partition coefficient (Wildman–Crippen LogP) is 1.65. The van der Waals surface area contributed by atoms with Crippen molar-refractivity contribution in [2.45, 2.75) is 38.2 Å². The molecule has 2 nitrogen and oxygen atoms in total. The van der Waals surface area contributed by atoms with E-state index in [0.717, 1.165) is 12.0 Å². The van der Waals surface area contributed by atoms with Crippen molar-refractivity contribution >= 4 is 0 Å². The molecule has 1 aliphatic carbocycles. The highest BCUT2D eigenvalue weighted by Crippen LogP contribution is 2.45. The van der Waals surface area contributed by atoms with Crippen molar-refractivity contribution in [2.24, 2.45) is 5.41 Å². The highest BCUT2D eigenvalue weighted by Gasteiger charge is 2.41. The molecule has 1 spiro atoms. The van der Waals surface area contributed by atoms with Gasteiger partial charge in [0.15, 0.2) is 0 Å². The summed E-state index contributed by atoms with van der Waals surface area (Å²) in [6.07, 6.45) is 8.00. The van der Waals surface area contributed by atoms with Crippen LogP contribution in [0.25, 0.3) is 0 Å². The van der Waals surface area contributed by atoms with Crippen LogP contribution in [0, 0.1) is 5.41 Å². The Kier molecular flexibility index (Phi) is 1.88. The highest BCUT2D eigenvalue weighted by atomic mass is 16.6. The van der Waals surface area contributed by atoms with Gasteiger partial charge in [-0.1, -0.05) is 12.8 Å². The molecule has 3 fully saturated rings. The van der Waals surface area contributed by atoms with Crippen LogP contribution in [0.1, 0.15) is 32.1 Å². The standard InChI is InChI=1S/C11H19NO/c1-2-4-11(3-1)5-6-12(9-11)7-10-8-13-10/h10H,1-9H2. The zero-order valence-electron chi connectivity index (χ0n) is 8.30. The first-order chi connectivity index (χ1) is 6.36. The minimum Gasteiger partial charge on any atom is -0.372 e. The van der Waals surface area contributed by atoms with Gasteiger partial charge in [-0.25, -0.2) is 0 Å². The van der Waals surface area contributed by atoms with E-state index < -0.39 is 0 Å². The van der Waals surface area contributed by atoms with E-state index in [2.05, 4.69) is 4.90 Å². The zero-order chi connectivity index (χ0) is 8.73. The van der Waals surface area contributed by atoms with Crippen molar-refractivity contribution in [1.82, 2.24) is 4.90 Å². The number of likely N-dealkylation sites (tertiary alicyclic amines) is 1. The van der Waals surface area contributed by atoms with E-state index >= 15 is 0 Å². The fraction of sp³-hybridized carbons (Fsp3) is 1.00. The molecule has 0 aromatic rings. The molecule has 0 radical (unpaired) electrons. The van der Waals surface area contributed by atoms with Gasteiger partial charge in [0.2, 0.25) is 0 Å². The largest absolute Gasteiger partial charge is 0.372 e. The van der Waals surface area contributed by atoms with E-state index in [1.165, 1.54) is 51.7 Å². The molecule has 2 aliphatic heterocycles. The first-order valence-electron chi connectivity index (χ1n) is 5.70. The van der Waals surface area contributed by atoms with Crippen LogP contribution < -0.4 is 0 Å². The van der Waals surface area contributed by atoms with Gasteiger partial charge in [0.05, 0.1) is 12.7 Å². The highest BCUT2D eigenvalue weighted by molar-refractivity contribution is 4.94. The smallest absolute Gasteiger partial charge is 0.0936 e. The molecular weight excluding hydrogens is 162 g/mol. The molecule has 1 atom stereocenters. The Morgan fingerprint density at radius 3 is 2.69 bits per heavy atom. The summed E-state index contributed by atoms with van der Waals surface area (Å²) in [4.78, 5) is 2.63. The van der Waals surface area contributed by atoms with Gasteiger partial charge in [0.1, 0.15) is 0 Å². The van der Waals surface area contributed by atoms with E-state index in [0.29, 0.717) is 6.10 Å². The average molecular weight is 181 g/mol. The van der Waals surface area contributed by atoms with Crippen molar-refractivity contribution in [2.75, 3.05) is 26.2 Å². The predicted molar refractivity (Wildman–Crippen MR) is 51.7 cm³/mol. The van der Waals surface area contributed by atoms with E-state index in [-0.39, 0.29) is 0 Å². The summed E-state index contributed by atoms with van der Waals surface area (Å²) in [5.41, 5.74) is 0.745. The van der Waals surface area contributed by atoms with Crippen LogP contribution in [0.4, 0.5) is 0 Å². The molecule has 1 saturated carbocycles. The maximum atomic E-state index is 5.28. The molecule has 0 aromatic heterocycles. The van der Waals surface area contributed by atoms with Gasteiger partial charge in [0.25, 0.3) is 0 Å². The fourth-order valence-corrected chi connectivity index (χ4v) is 3.18. The Morgan fingerprint density at radius 2 is 2.00 bits per heavy atom. The van der Waals surface area contributed by atoms with E-state index in [1.54, 1.807) is 0 Å². The van der Waals surface area contributed by atoms with Gasteiger partial charge in [-0.2, -0.15) is 0 Å². The van der Waals surface area contributed by atoms with Gasteiger partial charge >= 0.3 is 0 Å². The van der Waals surface area contributed by atoms with Crippen LogP contribution in [0.3, 0.4) is 0 Å². The number of nitrogens with zero attached hydrogens (tertiary/aromatic N) is 1. The Labute approximate surface area is 80.2 Å². The van der Waals surface area contributed by atoms with Gasteiger partial charge in [-0.05, 0) is 31.2 Å². The number of ether oxygens (including phenoxy) is 1. The first-order valence-corrected chi connectivity index (χ1v) is 5.70. The molecule has 2 heterocycles. The Bertz CT molecular complexity index is 194. The number of epoxide rings is 1. The lowest BCUT2D eigenvalue weighted by molar-refractivity contribution is 0.240. The molecular formula is C11H19NO. The second-order valence-corrected chi connectivity index (χ2v) is 5.15. The molecule has 2 heteroatoms. The van der Waals surface area contributed by atoms with Crippen LogP contribution in [-0.4, -0.2) is 37.2 Å². The number of hydrogen-bond acceptors (Lipinski definition) is 2. The SMILES string of the molecule is C1CCC2(C1)CCN(CC1CO1)C2. The molecule has 74 valence electrons. The summed E-state index contributed by atoms with van der Waals surface area (Å²) in [5.74, 6) is 0. The molecule has 3 rings (SSSR count). The van der Waals surface area contributed by atoms with E-state index in [9.17, 15) is 0 Å². The lowest BCUT2D eigenvalue weighted by atomic mass is 9.86. The van der Waals surface area contributed by atoms with Crippen molar-refractivity contribution in [3.8, 4) is 0 Å². The molecule has 0 amide bonds.